The molecule has 3 aromatic rings. The summed E-state index contributed by atoms with van der Waals surface area (Å²) in [5, 5.41) is 5.05. The number of aromatic amines is 1. The highest BCUT2D eigenvalue weighted by Crippen LogP contribution is 2.33. The van der Waals surface area contributed by atoms with Gasteiger partial charge in [-0.15, -0.1) is 0 Å². The number of nitrogens with one attached hydrogen (secondary N) is 1. The zero-order chi connectivity index (χ0) is 18.4. The topological polar surface area (TPSA) is 92.6 Å². The van der Waals surface area contributed by atoms with Crippen LogP contribution in [-0.2, 0) is 0 Å². The minimum Gasteiger partial charge on any atom is -0.309 e. The van der Waals surface area contributed by atoms with Crippen LogP contribution in [0.3, 0.4) is 0 Å². The van der Waals surface area contributed by atoms with E-state index in [4.69, 9.17) is 4.98 Å². The molecule has 1 saturated heterocycles. The second-order valence-electron chi connectivity index (χ2n) is 7.65. The molecule has 2 fully saturated rings. The van der Waals surface area contributed by atoms with E-state index in [0.29, 0.717) is 23.2 Å². The van der Waals surface area contributed by atoms with Crippen molar-refractivity contribution in [2.45, 2.75) is 50.6 Å². The first kappa shape index (κ1) is 16.6. The Morgan fingerprint density at radius 3 is 2.67 bits per heavy atom. The fourth-order valence-electron chi connectivity index (χ4n) is 4.25. The summed E-state index contributed by atoms with van der Waals surface area (Å²) in [4.78, 5) is 31.3. The van der Waals surface area contributed by atoms with Crippen LogP contribution in [0.25, 0.3) is 11.0 Å². The summed E-state index contributed by atoms with van der Waals surface area (Å²) < 4.78 is 1.96. The maximum absolute atomic E-state index is 12.6. The molecule has 1 atom stereocenters. The Bertz CT molecular complexity index is 1000. The highest BCUT2D eigenvalue weighted by molar-refractivity contribution is 5.73. The van der Waals surface area contributed by atoms with E-state index >= 15 is 0 Å². The molecule has 1 unspecified atom stereocenters. The first-order valence-corrected chi connectivity index (χ1v) is 9.69. The summed E-state index contributed by atoms with van der Waals surface area (Å²) >= 11 is 0. The van der Waals surface area contributed by atoms with Crippen molar-refractivity contribution in [1.82, 2.24) is 34.6 Å². The first-order valence-electron chi connectivity index (χ1n) is 9.69. The smallest absolute Gasteiger partial charge is 0.262 e. The maximum Gasteiger partial charge on any atom is 0.262 e. The van der Waals surface area contributed by atoms with Gasteiger partial charge in [0, 0.05) is 31.4 Å². The number of aromatic nitrogens is 6. The van der Waals surface area contributed by atoms with Crippen molar-refractivity contribution in [3.8, 4) is 0 Å². The molecule has 140 valence electrons. The van der Waals surface area contributed by atoms with Gasteiger partial charge in [-0.25, -0.2) is 19.6 Å². The van der Waals surface area contributed by atoms with Crippen LogP contribution in [0.4, 0.5) is 0 Å². The number of fused-ring (bicyclic) bond motifs is 1. The standard InChI is InChI=1S/C19H23N7O/c1-12(25-10-13(11-25)17-20-7-4-8-21-17)16-23-18-15(19(27)24-16)9-22-26(18)14-5-2-3-6-14/h4,7-9,12-14H,2-3,5-6,10-11H2,1H3,(H,23,24,27). The van der Waals surface area contributed by atoms with E-state index in [1.165, 1.54) is 12.8 Å². The molecule has 1 aliphatic heterocycles. The number of nitrogens with zero attached hydrogens (tertiary/aromatic N) is 6. The van der Waals surface area contributed by atoms with E-state index in [0.717, 1.165) is 37.4 Å². The maximum atomic E-state index is 12.6. The van der Waals surface area contributed by atoms with Crippen LogP contribution in [-0.4, -0.2) is 47.7 Å². The van der Waals surface area contributed by atoms with Crippen LogP contribution in [0.2, 0.25) is 0 Å². The Morgan fingerprint density at radius 2 is 1.93 bits per heavy atom. The quantitative estimate of drug-likeness (QED) is 0.762. The van der Waals surface area contributed by atoms with Gasteiger partial charge in [-0.3, -0.25) is 9.69 Å². The first-order chi connectivity index (χ1) is 13.2. The summed E-state index contributed by atoms with van der Waals surface area (Å²) in [5.41, 5.74) is 0.616. The summed E-state index contributed by atoms with van der Waals surface area (Å²) in [5.74, 6) is 1.94. The number of likely N-dealkylation sites (tertiary alicyclic amines) is 1. The minimum atomic E-state index is -0.102. The molecule has 4 heterocycles. The molecule has 0 radical (unpaired) electrons. The fraction of sp³-hybridized carbons (Fsp3) is 0.526. The predicted molar refractivity (Wildman–Crippen MR) is 100 cm³/mol. The summed E-state index contributed by atoms with van der Waals surface area (Å²) in [6.45, 7) is 3.83. The van der Waals surface area contributed by atoms with Gasteiger partial charge in [-0.2, -0.15) is 5.10 Å². The molecule has 1 N–H and O–H groups in total. The summed E-state index contributed by atoms with van der Waals surface area (Å²) in [6, 6.07) is 2.23. The lowest BCUT2D eigenvalue weighted by molar-refractivity contribution is 0.0919. The van der Waals surface area contributed by atoms with Crippen molar-refractivity contribution in [3.63, 3.8) is 0 Å². The van der Waals surface area contributed by atoms with Gasteiger partial charge in [0.15, 0.2) is 5.65 Å². The van der Waals surface area contributed by atoms with E-state index < -0.39 is 0 Å². The Kier molecular flexibility index (Phi) is 4.00. The van der Waals surface area contributed by atoms with Crippen molar-refractivity contribution in [3.05, 3.63) is 46.7 Å². The van der Waals surface area contributed by atoms with E-state index in [1.54, 1.807) is 18.6 Å². The molecule has 27 heavy (non-hydrogen) atoms. The molecule has 0 amide bonds. The van der Waals surface area contributed by atoms with Crippen molar-refractivity contribution in [1.29, 1.82) is 0 Å². The van der Waals surface area contributed by atoms with Crippen molar-refractivity contribution in [2.75, 3.05) is 13.1 Å². The third kappa shape index (κ3) is 2.84. The third-order valence-corrected chi connectivity index (χ3v) is 5.96. The van der Waals surface area contributed by atoms with E-state index in [2.05, 4.69) is 31.9 Å². The molecule has 2 aliphatic rings. The van der Waals surface area contributed by atoms with Gasteiger partial charge < -0.3 is 4.98 Å². The molecule has 5 rings (SSSR count). The van der Waals surface area contributed by atoms with Gasteiger partial charge in [0.25, 0.3) is 5.56 Å². The normalized spacial score (nSPS) is 20.2. The molecular weight excluding hydrogens is 342 g/mol. The lowest BCUT2D eigenvalue weighted by Gasteiger charge is -2.41. The monoisotopic (exact) mass is 365 g/mol. The Labute approximate surface area is 156 Å². The van der Waals surface area contributed by atoms with Crippen LogP contribution in [0.1, 0.15) is 62.3 Å². The lowest BCUT2D eigenvalue weighted by Crippen LogP contribution is -2.47. The van der Waals surface area contributed by atoms with Gasteiger partial charge in [-0.1, -0.05) is 12.8 Å². The average molecular weight is 365 g/mol. The molecule has 1 saturated carbocycles. The van der Waals surface area contributed by atoms with Gasteiger partial charge >= 0.3 is 0 Å². The zero-order valence-corrected chi connectivity index (χ0v) is 15.4. The summed E-state index contributed by atoms with van der Waals surface area (Å²) in [7, 11) is 0. The van der Waals surface area contributed by atoms with Crippen LogP contribution in [0.15, 0.2) is 29.5 Å². The molecule has 0 spiro atoms. The number of hydrogen-bond donors (Lipinski definition) is 1. The van der Waals surface area contributed by atoms with E-state index in [-0.39, 0.29) is 11.6 Å². The number of hydrogen-bond acceptors (Lipinski definition) is 6. The van der Waals surface area contributed by atoms with E-state index in [9.17, 15) is 4.79 Å². The van der Waals surface area contributed by atoms with Crippen LogP contribution < -0.4 is 5.56 Å². The van der Waals surface area contributed by atoms with Crippen molar-refractivity contribution >= 4 is 11.0 Å². The van der Waals surface area contributed by atoms with Crippen LogP contribution in [0.5, 0.6) is 0 Å². The Hall–Kier alpha value is -2.61. The molecule has 1 aliphatic carbocycles. The van der Waals surface area contributed by atoms with Gasteiger partial charge in [0.05, 0.1) is 18.3 Å². The largest absolute Gasteiger partial charge is 0.309 e. The second-order valence-corrected chi connectivity index (χ2v) is 7.65. The molecule has 0 aromatic carbocycles. The third-order valence-electron chi connectivity index (χ3n) is 5.96. The average Bonchev–Trinajstić information content (AvgIpc) is 3.30. The minimum absolute atomic E-state index is 0.0361. The van der Waals surface area contributed by atoms with Gasteiger partial charge in [0.1, 0.15) is 17.0 Å². The summed E-state index contributed by atoms with van der Waals surface area (Å²) in [6.07, 6.45) is 9.88. The Morgan fingerprint density at radius 1 is 1.19 bits per heavy atom. The molecule has 3 aromatic heterocycles. The van der Waals surface area contributed by atoms with Crippen LogP contribution >= 0.6 is 0 Å². The molecule has 8 heteroatoms. The number of H-pyrrole nitrogens is 1. The van der Waals surface area contributed by atoms with Crippen molar-refractivity contribution in [2.24, 2.45) is 0 Å². The number of rotatable bonds is 4. The van der Waals surface area contributed by atoms with Gasteiger partial charge in [-0.05, 0) is 25.8 Å². The fourth-order valence-corrected chi connectivity index (χ4v) is 4.25. The molecule has 0 bridgehead atoms. The SMILES string of the molecule is CC(c1nc2c(cnn2C2CCCC2)c(=O)[nH]1)N1CC(c2ncccn2)C1. The van der Waals surface area contributed by atoms with Crippen molar-refractivity contribution < 1.29 is 0 Å². The second kappa shape index (κ2) is 6.53. The predicted octanol–water partition coefficient (Wildman–Crippen LogP) is 2.19. The lowest BCUT2D eigenvalue weighted by atomic mass is 9.97. The molecule has 8 nitrogen and oxygen atoms in total. The Balaban J connectivity index is 1.40. The zero-order valence-electron chi connectivity index (χ0n) is 15.4. The highest BCUT2D eigenvalue weighted by atomic mass is 16.1. The van der Waals surface area contributed by atoms with Gasteiger partial charge in [0.2, 0.25) is 0 Å². The molecular formula is C19H23N7O. The van der Waals surface area contributed by atoms with E-state index in [1.807, 2.05) is 10.7 Å². The van der Waals surface area contributed by atoms with Crippen LogP contribution in [0, 0.1) is 0 Å². The highest BCUT2D eigenvalue weighted by Gasteiger charge is 2.35.